The van der Waals surface area contributed by atoms with Crippen LogP contribution in [0.3, 0.4) is 0 Å². The molecule has 1 unspecified atom stereocenters. The molecule has 9 nitrogen and oxygen atoms in total. The number of rotatable bonds is 8. The van der Waals surface area contributed by atoms with Gasteiger partial charge < -0.3 is 10.6 Å². The van der Waals surface area contributed by atoms with Crippen LogP contribution in [0.25, 0.3) is 22.9 Å². The van der Waals surface area contributed by atoms with Crippen LogP contribution in [0.1, 0.15) is 30.5 Å². The molecule has 0 bridgehead atoms. The van der Waals surface area contributed by atoms with Gasteiger partial charge in [0.05, 0.1) is 42.0 Å². The summed E-state index contributed by atoms with van der Waals surface area (Å²) in [5.41, 5.74) is 3.83. The number of nitriles is 1. The van der Waals surface area contributed by atoms with Gasteiger partial charge >= 0.3 is 0 Å². The lowest BCUT2D eigenvalue weighted by atomic mass is 9.79. The Morgan fingerprint density at radius 2 is 2.25 bits per heavy atom. The number of likely N-dealkylation sites (tertiary alicyclic amines) is 1. The molecule has 1 aliphatic heterocycles. The number of piperidine rings is 1. The molecule has 1 saturated heterocycles. The third-order valence-electron chi connectivity index (χ3n) is 6.78. The Labute approximate surface area is 211 Å². The molecule has 1 radical (unpaired) electrons. The predicted molar refractivity (Wildman–Crippen MR) is 142 cm³/mol. The van der Waals surface area contributed by atoms with Crippen molar-refractivity contribution < 1.29 is 0 Å². The number of hydrogen-bond donors (Lipinski definition) is 2. The first-order valence-corrected chi connectivity index (χ1v) is 12.1. The maximum absolute atomic E-state index is 9.36. The standard InChI is InChI=1S/C27H30N9/c1-19-7-8-25-30-15-23(36(25)16-19)26-33-22(20(2)31-18-29-3)14-24(34-26)32-21-6-4-13-35(17-21)27(11-12-28)9-5-10-27/h5,7-10,14-16,18,21H,2,4,6,11,13,17H2,1,3H3,(H,29,31)(H,32,33,34)/t21-/m1/s1. The van der Waals surface area contributed by atoms with Gasteiger partial charge in [-0.05, 0) is 37.9 Å². The largest absolute Gasteiger partial charge is 0.366 e. The molecule has 3 aromatic heterocycles. The lowest BCUT2D eigenvalue weighted by molar-refractivity contribution is 0.118. The number of pyridine rings is 1. The monoisotopic (exact) mass is 480 g/mol. The molecule has 2 atom stereocenters. The molecule has 1 aliphatic carbocycles. The molecule has 2 N–H and O–H groups in total. The Hall–Kier alpha value is -4.03. The van der Waals surface area contributed by atoms with Crippen LogP contribution in [0.15, 0.2) is 54.3 Å². The van der Waals surface area contributed by atoms with Gasteiger partial charge in [0, 0.05) is 38.3 Å². The van der Waals surface area contributed by atoms with Crippen molar-refractivity contribution >= 4 is 23.5 Å². The molecule has 0 saturated carbocycles. The molecule has 2 aliphatic rings. The second-order valence-corrected chi connectivity index (χ2v) is 9.33. The summed E-state index contributed by atoms with van der Waals surface area (Å²) in [6.45, 7) is 7.99. The van der Waals surface area contributed by atoms with Gasteiger partial charge in [-0.1, -0.05) is 24.8 Å². The Bertz CT molecular complexity index is 1380. The molecule has 0 aromatic carbocycles. The Morgan fingerprint density at radius 3 is 3.00 bits per heavy atom. The van der Waals surface area contributed by atoms with Crippen molar-refractivity contribution in [3.8, 4) is 17.6 Å². The van der Waals surface area contributed by atoms with E-state index in [1.807, 2.05) is 41.8 Å². The Balaban J connectivity index is 1.46. The number of aliphatic imine (C=N–C) groups is 1. The van der Waals surface area contributed by atoms with Crippen LogP contribution >= 0.6 is 0 Å². The number of nitrogens with one attached hydrogen (secondary N) is 2. The average Bonchev–Trinajstić information content (AvgIpc) is 3.27. The van der Waals surface area contributed by atoms with Gasteiger partial charge in [0.2, 0.25) is 0 Å². The van der Waals surface area contributed by atoms with Crippen molar-refractivity contribution in [1.82, 2.24) is 29.6 Å². The summed E-state index contributed by atoms with van der Waals surface area (Å²) >= 11 is 0. The van der Waals surface area contributed by atoms with Gasteiger partial charge in [0.15, 0.2) is 5.82 Å². The molecule has 4 heterocycles. The van der Waals surface area contributed by atoms with Gasteiger partial charge in [-0.3, -0.25) is 14.3 Å². The zero-order valence-electron chi connectivity index (χ0n) is 20.6. The van der Waals surface area contributed by atoms with E-state index in [4.69, 9.17) is 9.97 Å². The molecule has 183 valence electrons. The number of fused-ring (bicyclic) bond motifs is 1. The fraction of sp³-hybridized carbons (Fsp3) is 0.333. The zero-order chi connectivity index (χ0) is 25.1. The highest BCUT2D eigenvalue weighted by Crippen LogP contribution is 2.35. The van der Waals surface area contributed by atoms with E-state index in [1.54, 1.807) is 19.6 Å². The van der Waals surface area contributed by atoms with Gasteiger partial charge in [-0.2, -0.15) is 5.26 Å². The summed E-state index contributed by atoms with van der Waals surface area (Å²) < 4.78 is 2.01. The molecule has 0 amide bonds. The summed E-state index contributed by atoms with van der Waals surface area (Å²) in [7, 11) is 1.70. The van der Waals surface area contributed by atoms with Crippen molar-refractivity contribution in [2.45, 2.75) is 37.8 Å². The number of aryl methyl sites for hydroxylation is 1. The normalized spacial score (nSPS) is 21.9. The minimum atomic E-state index is -0.247. The zero-order valence-corrected chi connectivity index (χ0v) is 20.6. The first kappa shape index (κ1) is 23.7. The molecule has 0 spiro atoms. The van der Waals surface area contributed by atoms with Crippen molar-refractivity contribution in [2.24, 2.45) is 4.99 Å². The maximum atomic E-state index is 9.36. The van der Waals surface area contributed by atoms with Crippen LogP contribution in [0.4, 0.5) is 5.82 Å². The quantitative estimate of drug-likeness (QED) is 0.375. The predicted octanol–water partition coefficient (Wildman–Crippen LogP) is 3.62. The van der Waals surface area contributed by atoms with Crippen LogP contribution in [0.5, 0.6) is 0 Å². The first-order chi connectivity index (χ1) is 17.5. The van der Waals surface area contributed by atoms with Gasteiger partial charge in [-0.25, -0.2) is 15.0 Å². The van der Waals surface area contributed by atoms with E-state index in [9.17, 15) is 5.26 Å². The first-order valence-electron chi connectivity index (χ1n) is 12.1. The molecular formula is C27H30N9. The third-order valence-corrected chi connectivity index (χ3v) is 6.78. The molecule has 1 fully saturated rings. The van der Waals surface area contributed by atoms with Gasteiger partial charge in [0.1, 0.15) is 17.2 Å². The van der Waals surface area contributed by atoms with Crippen molar-refractivity contribution in [3.63, 3.8) is 0 Å². The number of hydrogen-bond acceptors (Lipinski definition) is 7. The number of aromatic nitrogens is 4. The highest BCUT2D eigenvalue weighted by Gasteiger charge is 2.40. The fourth-order valence-corrected chi connectivity index (χ4v) is 4.83. The van der Waals surface area contributed by atoms with E-state index in [2.05, 4.69) is 50.7 Å². The van der Waals surface area contributed by atoms with Gasteiger partial charge in [0.25, 0.3) is 0 Å². The van der Waals surface area contributed by atoms with E-state index < -0.39 is 0 Å². The second-order valence-electron chi connectivity index (χ2n) is 9.33. The lowest BCUT2D eigenvalue weighted by Crippen LogP contribution is -2.56. The highest BCUT2D eigenvalue weighted by molar-refractivity contribution is 5.75. The van der Waals surface area contributed by atoms with Crippen LogP contribution in [0, 0.1) is 24.7 Å². The van der Waals surface area contributed by atoms with Crippen molar-refractivity contribution in [3.05, 3.63) is 67.0 Å². The maximum Gasteiger partial charge on any atom is 0.180 e. The van der Waals surface area contributed by atoms with Crippen LogP contribution in [0.2, 0.25) is 0 Å². The minimum absolute atomic E-state index is 0.190. The summed E-state index contributed by atoms with van der Waals surface area (Å²) in [4.78, 5) is 20.6. The number of imidazole rings is 1. The highest BCUT2D eigenvalue weighted by atomic mass is 15.2. The van der Waals surface area contributed by atoms with Crippen molar-refractivity contribution in [1.29, 1.82) is 5.26 Å². The summed E-state index contributed by atoms with van der Waals surface area (Å²) in [5, 5.41) is 16.1. The van der Waals surface area contributed by atoms with Crippen LogP contribution in [-0.4, -0.2) is 62.3 Å². The van der Waals surface area contributed by atoms with Crippen molar-refractivity contribution in [2.75, 3.05) is 25.5 Å². The average molecular weight is 481 g/mol. The fourth-order valence-electron chi connectivity index (χ4n) is 4.83. The number of nitrogens with zero attached hydrogens (tertiary/aromatic N) is 7. The topological polar surface area (TPSA) is 107 Å². The Morgan fingerprint density at radius 1 is 1.39 bits per heavy atom. The summed E-state index contributed by atoms with van der Waals surface area (Å²) in [5.74, 6) is 1.29. The smallest absolute Gasteiger partial charge is 0.180 e. The van der Waals surface area contributed by atoms with Gasteiger partial charge in [-0.15, -0.1) is 0 Å². The lowest BCUT2D eigenvalue weighted by Gasteiger charge is -2.48. The number of anilines is 1. The van der Waals surface area contributed by atoms with E-state index in [1.165, 1.54) is 0 Å². The van der Waals surface area contributed by atoms with Crippen LogP contribution in [-0.2, 0) is 0 Å². The van der Waals surface area contributed by atoms with E-state index in [0.29, 0.717) is 23.6 Å². The third kappa shape index (κ3) is 4.60. The molecule has 3 aromatic rings. The molecule has 5 rings (SSSR count). The van der Waals surface area contributed by atoms with E-state index in [0.717, 1.165) is 48.7 Å². The Kier molecular flexibility index (Phi) is 6.53. The van der Waals surface area contributed by atoms with Crippen LogP contribution < -0.4 is 10.6 Å². The molecule has 9 heteroatoms. The van der Waals surface area contributed by atoms with E-state index in [-0.39, 0.29) is 11.6 Å². The minimum Gasteiger partial charge on any atom is -0.366 e. The SMILES string of the molecule is C=C(NC=NC)c1cc(N[C@@H]2CCCN(C3(CC#N)[CH]C=C3)C2)nc(-c2cnc3ccc(C)cn23)n1. The summed E-state index contributed by atoms with van der Waals surface area (Å²) in [6.07, 6.45) is 14.3. The molecular weight excluding hydrogens is 450 g/mol. The molecule has 36 heavy (non-hydrogen) atoms. The second kappa shape index (κ2) is 9.91. The summed E-state index contributed by atoms with van der Waals surface area (Å²) in [6, 6.07) is 8.48. The van der Waals surface area contributed by atoms with E-state index >= 15 is 0 Å².